The molecule has 0 radical (unpaired) electrons. The van der Waals surface area contributed by atoms with E-state index >= 15 is 4.39 Å². The molecule has 1 aliphatic heterocycles. The van der Waals surface area contributed by atoms with Crippen molar-refractivity contribution in [3.63, 3.8) is 0 Å². The van der Waals surface area contributed by atoms with E-state index in [9.17, 15) is 4.39 Å². The van der Waals surface area contributed by atoms with Crippen LogP contribution in [-0.4, -0.2) is 32.2 Å². The molecule has 3 aromatic heterocycles. The fourth-order valence-corrected chi connectivity index (χ4v) is 4.38. The van der Waals surface area contributed by atoms with E-state index in [1.807, 2.05) is 13.0 Å². The Labute approximate surface area is 207 Å². The third-order valence-corrected chi connectivity index (χ3v) is 6.01. The summed E-state index contributed by atoms with van der Waals surface area (Å²) in [6.45, 7) is 2.49. The Kier molecular flexibility index (Phi) is 6.49. The van der Waals surface area contributed by atoms with Gasteiger partial charge in [-0.3, -0.25) is 15.0 Å². The largest absolute Gasteiger partial charge is 0.404 e. The fourth-order valence-electron chi connectivity index (χ4n) is 4.38. The lowest BCUT2D eigenvalue weighted by Crippen LogP contribution is -2.18. The summed E-state index contributed by atoms with van der Waals surface area (Å²) < 4.78 is 30.8. The summed E-state index contributed by atoms with van der Waals surface area (Å²) >= 11 is 0. The number of H-pyrrole nitrogens is 1. The number of nitrogens with one attached hydrogen (secondary N) is 1. The first kappa shape index (κ1) is 23.3. The second-order valence-corrected chi connectivity index (χ2v) is 8.25. The van der Waals surface area contributed by atoms with Crippen molar-refractivity contribution < 1.29 is 8.78 Å². The predicted octanol–water partition coefficient (Wildman–Crippen LogP) is 5.91. The van der Waals surface area contributed by atoms with Crippen LogP contribution in [-0.2, 0) is 0 Å². The molecule has 0 aliphatic carbocycles. The molecule has 1 aromatic carbocycles. The quantitative estimate of drug-likeness (QED) is 0.370. The first-order valence-electron chi connectivity index (χ1n) is 11.7. The average molecular weight is 483 g/mol. The Morgan fingerprint density at radius 3 is 2.75 bits per heavy atom. The summed E-state index contributed by atoms with van der Waals surface area (Å²) in [7, 11) is 0. The molecule has 1 aliphatic rings. The van der Waals surface area contributed by atoms with Crippen molar-refractivity contribution in [2.24, 2.45) is 10.7 Å². The Morgan fingerprint density at radius 2 is 2.00 bits per heavy atom. The zero-order chi connectivity index (χ0) is 25.1. The highest BCUT2D eigenvalue weighted by Crippen LogP contribution is 2.35. The highest BCUT2D eigenvalue weighted by Gasteiger charge is 2.28. The molecular formula is C28H24F2N6. The molecule has 3 N–H and O–H groups in total. The molecule has 0 spiro atoms. The van der Waals surface area contributed by atoms with Crippen LogP contribution in [0.2, 0.25) is 0 Å². The van der Waals surface area contributed by atoms with Gasteiger partial charge in [0.25, 0.3) is 0 Å². The Balaban J connectivity index is 1.70. The number of pyridine rings is 2. The summed E-state index contributed by atoms with van der Waals surface area (Å²) in [6.07, 6.45) is 9.34. The molecule has 6 nitrogen and oxygen atoms in total. The monoisotopic (exact) mass is 482 g/mol. The molecule has 0 atom stereocenters. The standard InChI is InChI=1S/C28H24F2N6/c1-2-6-17-10-13-34-27(23(17)24(30)20(15-31)18-7-5-12-32-16-18)28-35-22-11-14-33-25(26(22)36-28)19-8-3-4-9-21(19)29/h3-9,11-12,14-16H,2,10,13,31H2,1H3,(H,35,36)/b17-6+,20-15-,24-23-. The van der Waals surface area contributed by atoms with E-state index in [0.717, 1.165) is 12.0 Å². The van der Waals surface area contributed by atoms with E-state index < -0.39 is 11.6 Å². The summed E-state index contributed by atoms with van der Waals surface area (Å²) in [5.41, 5.74) is 10.1. The van der Waals surface area contributed by atoms with Crippen molar-refractivity contribution >= 4 is 22.3 Å². The minimum absolute atomic E-state index is 0.222. The summed E-state index contributed by atoms with van der Waals surface area (Å²) in [5.74, 6) is -0.521. The van der Waals surface area contributed by atoms with Gasteiger partial charge in [0.2, 0.25) is 0 Å². The SMILES string of the molecule is CC\C=C1/CCN=C(c2nc3c(-c4ccccc4F)nccc3[nH]2)/C1=C(F)/C(=C\N)c1cccnc1. The van der Waals surface area contributed by atoms with Gasteiger partial charge < -0.3 is 10.7 Å². The normalized spacial score (nSPS) is 16.9. The highest BCUT2D eigenvalue weighted by molar-refractivity contribution is 6.17. The predicted molar refractivity (Wildman–Crippen MR) is 138 cm³/mol. The number of allylic oxidation sites excluding steroid dienone is 4. The van der Waals surface area contributed by atoms with E-state index in [2.05, 4.69) is 19.9 Å². The van der Waals surface area contributed by atoms with Crippen LogP contribution >= 0.6 is 0 Å². The maximum atomic E-state index is 16.3. The van der Waals surface area contributed by atoms with Gasteiger partial charge in [0.15, 0.2) is 5.82 Å². The first-order valence-corrected chi connectivity index (χ1v) is 11.7. The van der Waals surface area contributed by atoms with Gasteiger partial charge in [-0.1, -0.05) is 31.2 Å². The molecular weight excluding hydrogens is 458 g/mol. The van der Waals surface area contributed by atoms with Crippen LogP contribution in [0.1, 0.15) is 31.2 Å². The van der Waals surface area contributed by atoms with Crippen LogP contribution in [0.4, 0.5) is 8.78 Å². The second kappa shape index (κ2) is 10.0. The van der Waals surface area contributed by atoms with Gasteiger partial charge >= 0.3 is 0 Å². The van der Waals surface area contributed by atoms with E-state index in [4.69, 9.17) is 10.7 Å². The van der Waals surface area contributed by atoms with E-state index in [-0.39, 0.29) is 5.57 Å². The number of halogens is 2. The van der Waals surface area contributed by atoms with Gasteiger partial charge in [-0.15, -0.1) is 0 Å². The van der Waals surface area contributed by atoms with Gasteiger partial charge in [0.05, 0.1) is 5.52 Å². The highest BCUT2D eigenvalue weighted by atomic mass is 19.1. The summed E-state index contributed by atoms with van der Waals surface area (Å²) in [6, 6.07) is 11.6. The van der Waals surface area contributed by atoms with Crippen LogP contribution in [0.15, 0.2) is 95.3 Å². The number of aromatic amines is 1. The third-order valence-electron chi connectivity index (χ3n) is 6.01. The van der Waals surface area contributed by atoms with Crippen molar-refractivity contribution in [2.75, 3.05) is 6.54 Å². The van der Waals surface area contributed by atoms with Crippen LogP contribution < -0.4 is 5.73 Å². The minimum atomic E-state index is -0.503. The number of rotatable bonds is 5. The molecule has 36 heavy (non-hydrogen) atoms. The number of nitrogens with two attached hydrogens (primary N) is 1. The van der Waals surface area contributed by atoms with Crippen molar-refractivity contribution in [1.82, 2.24) is 19.9 Å². The smallest absolute Gasteiger partial charge is 0.157 e. The number of imidazole rings is 1. The average Bonchev–Trinajstić information content (AvgIpc) is 3.35. The number of fused-ring (bicyclic) bond motifs is 1. The molecule has 5 rings (SSSR count). The lowest BCUT2D eigenvalue weighted by molar-refractivity contribution is 0.631. The molecule has 0 amide bonds. The number of aliphatic imine (C=N–C) groups is 1. The number of nitrogens with zero attached hydrogens (tertiary/aromatic N) is 4. The van der Waals surface area contributed by atoms with Crippen molar-refractivity contribution in [2.45, 2.75) is 19.8 Å². The zero-order valence-corrected chi connectivity index (χ0v) is 19.7. The van der Waals surface area contributed by atoms with Gasteiger partial charge in [0, 0.05) is 53.6 Å². The molecule has 8 heteroatoms. The molecule has 0 saturated carbocycles. The van der Waals surface area contributed by atoms with E-state index in [0.29, 0.717) is 57.9 Å². The number of hydrogen-bond acceptors (Lipinski definition) is 5. The molecule has 4 heterocycles. The van der Waals surface area contributed by atoms with Crippen molar-refractivity contribution in [1.29, 1.82) is 0 Å². The van der Waals surface area contributed by atoms with Crippen molar-refractivity contribution in [3.8, 4) is 11.3 Å². The summed E-state index contributed by atoms with van der Waals surface area (Å²) in [4.78, 5) is 21.1. The molecule has 4 aromatic rings. The zero-order valence-electron chi connectivity index (χ0n) is 19.7. The lowest BCUT2D eigenvalue weighted by atomic mass is 9.90. The Hall–Kier alpha value is -4.46. The molecule has 0 saturated heterocycles. The van der Waals surface area contributed by atoms with Gasteiger partial charge in [-0.2, -0.15) is 0 Å². The van der Waals surface area contributed by atoms with Gasteiger partial charge in [-0.25, -0.2) is 13.8 Å². The van der Waals surface area contributed by atoms with Crippen molar-refractivity contribution in [3.05, 3.63) is 108 Å². The summed E-state index contributed by atoms with van der Waals surface area (Å²) in [5, 5.41) is 0. The van der Waals surface area contributed by atoms with E-state index in [1.54, 1.807) is 55.0 Å². The lowest BCUT2D eigenvalue weighted by Gasteiger charge is -2.20. The Bertz CT molecular complexity index is 1550. The fraction of sp³-hybridized carbons (Fsp3) is 0.143. The van der Waals surface area contributed by atoms with E-state index in [1.165, 1.54) is 12.3 Å². The molecule has 0 bridgehead atoms. The minimum Gasteiger partial charge on any atom is -0.404 e. The molecule has 0 unspecified atom stereocenters. The molecule has 0 fully saturated rings. The van der Waals surface area contributed by atoms with Crippen LogP contribution in [0, 0.1) is 5.82 Å². The van der Waals surface area contributed by atoms with Crippen LogP contribution in [0.25, 0.3) is 27.9 Å². The number of aromatic nitrogens is 4. The Morgan fingerprint density at radius 1 is 1.14 bits per heavy atom. The van der Waals surface area contributed by atoms with Crippen LogP contribution in [0.3, 0.4) is 0 Å². The maximum Gasteiger partial charge on any atom is 0.157 e. The topological polar surface area (TPSA) is 92.8 Å². The third kappa shape index (κ3) is 4.22. The maximum absolute atomic E-state index is 16.3. The van der Waals surface area contributed by atoms with Gasteiger partial charge in [0.1, 0.15) is 28.6 Å². The second-order valence-electron chi connectivity index (χ2n) is 8.25. The van der Waals surface area contributed by atoms with Crippen LogP contribution in [0.5, 0.6) is 0 Å². The number of hydrogen-bond donors (Lipinski definition) is 2. The number of benzene rings is 1. The first-order chi connectivity index (χ1) is 17.6. The molecule has 180 valence electrons. The van der Waals surface area contributed by atoms with Gasteiger partial charge in [-0.05, 0) is 42.7 Å².